The summed E-state index contributed by atoms with van der Waals surface area (Å²) in [5.41, 5.74) is 2.32. The van der Waals surface area contributed by atoms with Crippen LogP contribution in [-0.2, 0) is 0 Å². The van der Waals surface area contributed by atoms with Crippen molar-refractivity contribution in [1.29, 1.82) is 0 Å². The van der Waals surface area contributed by atoms with E-state index in [-0.39, 0.29) is 0 Å². The van der Waals surface area contributed by atoms with E-state index >= 15 is 0 Å². The Kier molecular flexibility index (Phi) is 2.95. The molecule has 0 fully saturated rings. The molecule has 16 heavy (non-hydrogen) atoms. The third-order valence-electron chi connectivity index (χ3n) is 2.80. The maximum absolute atomic E-state index is 4.20. The summed E-state index contributed by atoms with van der Waals surface area (Å²) >= 11 is 0. The van der Waals surface area contributed by atoms with Gasteiger partial charge in [-0.2, -0.15) is 5.10 Å². The zero-order valence-electron chi connectivity index (χ0n) is 9.96. The minimum atomic E-state index is 0.510. The fourth-order valence-electron chi connectivity index (χ4n) is 1.56. The van der Waals surface area contributed by atoms with Gasteiger partial charge in [0.2, 0.25) is 0 Å². The van der Waals surface area contributed by atoms with E-state index in [4.69, 9.17) is 0 Å². The van der Waals surface area contributed by atoms with Gasteiger partial charge in [0.25, 0.3) is 0 Å². The number of rotatable bonds is 3. The Morgan fingerprint density at radius 1 is 1.19 bits per heavy atom. The summed E-state index contributed by atoms with van der Waals surface area (Å²) in [5.74, 6) is 0. The second kappa shape index (κ2) is 4.39. The maximum atomic E-state index is 4.20. The number of hydrogen-bond donors (Lipinski definition) is 0. The Morgan fingerprint density at radius 2 is 1.88 bits per heavy atom. The van der Waals surface area contributed by atoms with Crippen LogP contribution in [0.25, 0.3) is 5.69 Å². The van der Waals surface area contributed by atoms with Crippen molar-refractivity contribution in [2.24, 2.45) is 0 Å². The summed E-state index contributed by atoms with van der Waals surface area (Å²) in [6.45, 7) is 4.36. The monoisotopic (exact) mass is 215 g/mol. The number of aromatic nitrogens is 2. The molecular weight excluding hydrogens is 198 g/mol. The Balaban J connectivity index is 2.23. The lowest BCUT2D eigenvalue weighted by molar-refractivity contribution is 0.754. The normalized spacial score (nSPS) is 10.8. The molecule has 0 unspecified atom stereocenters. The molecule has 0 radical (unpaired) electrons. The molecule has 0 amide bonds. The van der Waals surface area contributed by atoms with Gasteiger partial charge in [-0.25, -0.2) is 4.68 Å². The summed E-state index contributed by atoms with van der Waals surface area (Å²) in [5, 5.41) is 4.20. The predicted molar refractivity (Wildman–Crippen MR) is 67.1 cm³/mol. The van der Waals surface area contributed by atoms with Gasteiger partial charge in [0.15, 0.2) is 0 Å². The molecule has 0 atom stereocenters. The molecule has 1 aromatic carbocycles. The average molecular weight is 215 g/mol. The molecule has 2 aromatic rings. The average Bonchev–Trinajstić information content (AvgIpc) is 2.81. The predicted octanol–water partition coefficient (Wildman–Crippen LogP) is 2.72. The highest BCUT2D eigenvalue weighted by molar-refractivity contribution is 5.50. The maximum Gasteiger partial charge on any atom is 0.0647 e. The SMILES string of the molecule is CC(C)N(C)c1ccc(-n2cccn2)cc1. The molecule has 1 aromatic heterocycles. The molecule has 3 heteroatoms. The summed E-state index contributed by atoms with van der Waals surface area (Å²) in [4.78, 5) is 2.24. The van der Waals surface area contributed by atoms with Crippen LogP contribution in [0.15, 0.2) is 42.7 Å². The second-order valence-electron chi connectivity index (χ2n) is 4.17. The lowest BCUT2D eigenvalue weighted by Gasteiger charge is -2.23. The van der Waals surface area contributed by atoms with Gasteiger partial charge < -0.3 is 4.90 Å². The van der Waals surface area contributed by atoms with Gasteiger partial charge in [0.1, 0.15) is 0 Å². The van der Waals surface area contributed by atoms with Crippen LogP contribution in [0.1, 0.15) is 13.8 Å². The highest BCUT2D eigenvalue weighted by Crippen LogP contribution is 2.17. The fourth-order valence-corrected chi connectivity index (χ4v) is 1.56. The van der Waals surface area contributed by atoms with Crippen molar-refractivity contribution < 1.29 is 0 Å². The van der Waals surface area contributed by atoms with Crippen molar-refractivity contribution in [2.75, 3.05) is 11.9 Å². The summed E-state index contributed by atoms with van der Waals surface area (Å²) in [6.07, 6.45) is 3.73. The standard InChI is InChI=1S/C13H17N3/c1-11(2)15(3)12-5-7-13(8-6-12)16-10-4-9-14-16/h4-11H,1-3H3. The van der Waals surface area contributed by atoms with Gasteiger partial charge in [0, 0.05) is 31.2 Å². The number of nitrogens with zero attached hydrogens (tertiary/aromatic N) is 3. The highest BCUT2D eigenvalue weighted by atomic mass is 15.3. The first-order valence-corrected chi connectivity index (χ1v) is 5.51. The van der Waals surface area contributed by atoms with Crippen LogP contribution < -0.4 is 4.90 Å². The quantitative estimate of drug-likeness (QED) is 0.785. The van der Waals surface area contributed by atoms with Gasteiger partial charge in [-0.15, -0.1) is 0 Å². The van der Waals surface area contributed by atoms with Crippen molar-refractivity contribution >= 4 is 5.69 Å². The smallest absolute Gasteiger partial charge is 0.0647 e. The summed E-state index contributed by atoms with van der Waals surface area (Å²) in [7, 11) is 2.10. The Labute approximate surface area is 96.3 Å². The van der Waals surface area contributed by atoms with Gasteiger partial charge in [0.05, 0.1) is 5.69 Å². The number of benzene rings is 1. The van der Waals surface area contributed by atoms with E-state index in [0.29, 0.717) is 6.04 Å². The van der Waals surface area contributed by atoms with E-state index in [1.54, 1.807) is 6.20 Å². The number of anilines is 1. The van der Waals surface area contributed by atoms with E-state index in [2.05, 4.69) is 55.2 Å². The van der Waals surface area contributed by atoms with Crippen molar-refractivity contribution in [3.05, 3.63) is 42.7 Å². The van der Waals surface area contributed by atoms with Crippen molar-refractivity contribution in [3.8, 4) is 5.69 Å². The Hall–Kier alpha value is -1.77. The minimum Gasteiger partial charge on any atom is -0.372 e. The Morgan fingerprint density at radius 3 is 2.38 bits per heavy atom. The largest absolute Gasteiger partial charge is 0.372 e. The molecule has 0 aliphatic carbocycles. The lowest BCUT2D eigenvalue weighted by Crippen LogP contribution is -2.25. The minimum absolute atomic E-state index is 0.510. The molecule has 0 bridgehead atoms. The van der Waals surface area contributed by atoms with Gasteiger partial charge >= 0.3 is 0 Å². The lowest BCUT2D eigenvalue weighted by atomic mass is 10.2. The second-order valence-corrected chi connectivity index (χ2v) is 4.17. The van der Waals surface area contributed by atoms with Crippen LogP contribution in [0.4, 0.5) is 5.69 Å². The highest BCUT2D eigenvalue weighted by Gasteiger charge is 2.04. The van der Waals surface area contributed by atoms with E-state index in [1.807, 2.05) is 16.9 Å². The molecule has 1 heterocycles. The molecule has 0 aliphatic rings. The van der Waals surface area contributed by atoms with E-state index in [9.17, 15) is 0 Å². The molecule has 0 aliphatic heterocycles. The zero-order chi connectivity index (χ0) is 11.5. The summed E-state index contributed by atoms with van der Waals surface area (Å²) in [6, 6.07) is 10.8. The van der Waals surface area contributed by atoms with Crippen molar-refractivity contribution in [3.63, 3.8) is 0 Å². The molecule has 3 nitrogen and oxygen atoms in total. The van der Waals surface area contributed by atoms with Gasteiger partial charge in [-0.1, -0.05) is 0 Å². The molecule has 0 saturated carbocycles. The summed E-state index contributed by atoms with van der Waals surface area (Å²) < 4.78 is 1.86. The molecule has 2 rings (SSSR count). The zero-order valence-corrected chi connectivity index (χ0v) is 9.96. The van der Waals surface area contributed by atoms with E-state index in [1.165, 1.54) is 5.69 Å². The molecule has 0 saturated heterocycles. The first-order valence-electron chi connectivity index (χ1n) is 5.51. The molecule has 0 spiro atoms. The van der Waals surface area contributed by atoms with Gasteiger partial charge in [-0.05, 0) is 44.2 Å². The van der Waals surface area contributed by atoms with Crippen LogP contribution >= 0.6 is 0 Å². The van der Waals surface area contributed by atoms with Crippen LogP contribution in [-0.4, -0.2) is 22.9 Å². The van der Waals surface area contributed by atoms with Crippen LogP contribution in [0.2, 0.25) is 0 Å². The molecule has 84 valence electrons. The van der Waals surface area contributed by atoms with Crippen LogP contribution in [0.5, 0.6) is 0 Å². The van der Waals surface area contributed by atoms with Crippen LogP contribution in [0, 0.1) is 0 Å². The first kappa shape index (κ1) is 10.7. The third-order valence-corrected chi connectivity index (χ3v) is 2.80. The fraction of sp³-hybridized carbons (Fsp3) is 0.308. The van der Waals surface area contributed by atoms with Crippen molar-refractivity contribution in [1.82, 2.24) is 9.78 Å². The van der Waals surface area contributed by atoms with Crippen LogP contribution in [0.3, 0.4) is 0 Å². The number of hydrogen-bond acceptors (Lipinski definition) is 2. The first-order chi connectivity index (χ1) is 7.68. The van der Waals surface area contributed by atoms with E-state index in [0.717, 1.165) is 5.69 Å². The van der Waals surface area contributed by atoms with Crippen molar-refractivity contribution in [2.45, 2.75) is 19.9 Å². The Bertz CT molecular complexity index is 429. The third kappa shape index (κ3) is 2.08. The van der Waals surface area contributed by atoms with E-state index < -0.39 is 0 Å². The van der Waals surface area contributed by atoms with Gasteiger partial charge in [-0.3, -0.25) is 0 Å². The molecular formula is C13H17N3. The topological polar surface area (TPSA) is 21.1 Å². The molecule has 0 N–H and O–H groups in total.